The second-order valence-electron chi connectivity index (χ2n) is 6.77. The van der Waals surface area contributed by atoms with Gasteiger partial charge in [-0.25, -0.2) is 4.79 Å². The molecule has 0 saturated carbocycles. The van der Waals surface area contributed by atoms with Crippen LogP contribution >= 0.6 is 11.3 Å². The van der Waals surface area contributed by atoms with Crippen molar-refractivity contribution in [3.05, 3.63) is 74.6 Å². The number of non-ortho nitro benzene ring substituents is 1. The van der Waals surface area contributed by atoms with Gasteiger partial charge in [-0.2, -0.15) is 4.99 Å². The van der Waals surface area contributed by atoms with E-state index in [4.69, 9.17) is 9.47 Å². The number of ether oxygens (including phenoxy) is 2. The number of fused-ring (bicyclic) bond motifs is 1. The number of nitro benzene ring substituents is 1. The molecule has 0 bridgehead atoms. The molecule has 9 nitrogen and oxygen atoms in total. The summed E-state index contributed by atoms with van der Waals surface area (Å²) < 4.78 is 13.2. The first-order chi connectivity index (χ1) is 15.9. The summed E-state index contributed by atoms with van der Waals surface area (Å²) in [7, 11) is 0. The summed E-state index contributed by atoms with van der Waals surface area (Å²) in [5.41, 5.74) is 1.88. The normalized spacial score (nSPS) is 11.9. The van der Waals surface area contributed by atoms with Crippen LogP contribution in [0.1, 0.15) is 29.8 Å². The maximum Gasteiger partial charge on any atom is 0.338 e. The Bertz CT molecular complexity index is 1260. The number of hydrogen-bond donors (Lipinski definition) is 0. The third-order valence-corrected chi connectivity index (χ3v) is 5.63. The molecule has 0 radical (unpaired) electrons. The zero-order valence-electron chi connectivity index (χ0n) is 18.2. The van der Waals surface area contributed by atoms with E-state index < -0.39 is 16.8 Å². The highest BCUT2D eigenvalue weighted by Gasteiger charge is 2.12. The molecule has 3 aromatic rings. The monoisotopic (exact) mass is 469 g/mol. The number of carbonyl (C=O) groups is 2. The lowest BCUT2D eigenvalue weighted by atomic mass is 10.2. The van der Waals surface area contributed by atoms with Crippen LogP contribution in [0.25, 0.3) is 16.3 Å². The topological polar surface area (TPSA) is 113 Å². The smallest absolute Gasteiger partial charge is 0.338 e. The highest BCUT2D eigenvalue weighted by Crippen LogP contribution is 2.20. The van der Waals surface area contributed by atoms with E-state index in [0.717, 1.165) is 10.2 Å². The van der Waals surface area contributed by atoms with Crippen molar-refractivity contribution < 1.29 is 24.0 Å². The number of carbonyl (C=O) groups excluding carboxylic acids is 2. The number of nitrogens with zero attached hydrogens (tertiary/aromatic N) is 3. The lowest BCUT2D eigenvalue weighted by Crippen LogP contribution is -2.19. The number of esters is 1. The Morgan fingerprint density at radius 1 is 1.15 bits per heavy atom. The van der Waals surface area contributed by atoms with E-state index >= 15 is 0 Å². The van der Waals surface area contributed by atoms with E-state index in [-0.39, 0.29) is 12.3 Å². The van der Waals surface area contributed by atoms with Gasteiger partial charge in [0.15, 0.2) is 4.80 Å². The zero-order valence-corrected chi connectivity index (χ0v) is 19.0. The van der Waals surface area contributed by atoms with E-state index in [9.17, 15) is 19.7 Å². The van der Waals surface area contributed by atoms with Crippen LogP contribution in [0.4, 0.5) is 5.69 Å². The lowest BCUT2D eigenvalue weighted by Gasteiger charge is -2.06. The van der Waals surface area contributed by atoms with Gasteiger partial charge in [-0.05, 0) is 55.8 Å². The molecule has 0 aliphatic carbocycles. The first-order valence-corrected chi connectivity index (χ1v) is 11.1. The average Bonchev–Trinajstić information content (AvgIpc) is 3.14. The SMILES string of the molecule is CCOCCn1c(=NC(=O)/C=C\c2ccc([N+](=O)[O-])cc2)sc2cc(C(=O)OCC)ccc21. The van der Waals surface area contributed by atoms with E-state index in [0.29, 0.717) is 35.7 Å². The van der Waals surface area contributed by atoms with Gasteiger partial charge < -0.3 is 14.0 Å². The van der Waals surface area contributed by atoms with Gasteiger partial charge in [-0.3, -0.25) is 14.9 Å². The predicted octanol–water partition coefficient (Wildman–Crippen LogP) is 3.96. The molecular weight excluding hydrogens is 446 g/mol. The van der Waals surface area contributed by atoms with Crippen molar-refractivity contribution in [2.24, 2.45) is 4.99 Å². The van der Waals surface area contributed by atoms with Crippen LogP contribution < -0.4 is 4.80 Å². The highest BCUT2D eigenvalue weighted by atomic mass is 32.1. The molecule has 172 valence electrons. The van der Waals surface area contributed by atoms with Crippen molar-refractivity contribution >= 4 is 45.2 Å². The number of amides is 1. The van der Waals surface area contributed by atoms with Gasteiger partial charge >= 0.3 is 5.97 Å². The molecule has 1 heterocycles. The van der Waals surface area contributed by atoms with E-state index in [1.54, 1.807) is 43.3 Å². The van der Waals surface area contributed by atoms with E-state index in [2.05, 4.69) is 4.99 Å². The Labute approximate surface area is 193 Å². The third kappa shape index (κ3) is 6.21. The second kappa shape index (κ2) is 11.3. The van der Waals surface area contributed by atoms with Gasteiger partial charge in [-0.1, -0.05) is 11.3 Å². The molecule has 0 unspecified atom stereocenters. The number of benzene rings is 2. The second-order valence-corrected chi connectivity index (χ2v) is 7.78. The van der Waals surface area contributed by atoms with Crippen molar-refractivity contribution in [1.29, 1.82) is 0 Å². The van der Waals surface area contributed by atoms with E-state index in [1.807, 2.05) is 11.5 Å². The van der Waals surface area contributed by atoms with Crippen LogP contribution in [0.3, 0.4) is 0 Å². The molecular formula is C23H23N3O6S. The number of aromatic nitrogens is 1. The minimum atomic E-state index is -0.482. The Hall–Kier alpha value is -3.63. The number of rotatable bonds is 9. The van der Waals surface area contributed by atoms with Gasteiger partial charge in [0, 0.05) is 31.4 Å². The lowest BCUT2D eigenvalue weighted by molar-refractivity contribution is -0.384. The maximum atomic E-state index is 12.5. The van der Waals surface area contributed by atoms with Gasteiger partial charge in [-0.15, -0.1) is 0 Å². The Morgan fingerprint density at radius 3 is 2.58 bits per heavy atom. The fourth-order valence-electron chi connectivity index (χ4n) is 3.02. The first-order valence-electron chi connectivity index (χ1n) is 10.3. The number of nitro groups is 1. The summed E-state index contributed by atoms with van der Waals surface area (Å²) in [6, 6.07) is 11.1. The zero-order chi connectivity index (χ0) is 23.8. The molecule has 0 atom stereocenters. The molecule has 0 aliphatic heterocycles. The summed E-state index contributed by atoms with van der Waals surface area (Å²) in [5.74, 6) is -0.884. The van der Waals surface area contributed by atoms with Gasteiger partial charge in [0.25, 0.3) is 11.6 Å². The van der Waals surface area contributed by atoms with Crippen LogP contribution in [-0.2, 0) is 20.8 Å². The maximum absolute atomic E-state index is 12.5. The Kier molecular flexibility index (Phi) is 8.22. The molecule has 0 spiro atoms. The highest BCUT2D eigenvalue weighted by molar-refractivity contribution is 7.16. The fraction of sp³-hybridized carbons (Fsp3) is 0.261. The third-order valence-electron chi connectivity index (χ3n) is 4.59. The van der Waals surface area contributed by atoms with Crippen molar-refractivity contribution in [3.63, 3.8) is 0 Å². The van der Waals surface area contributed by atoms with Crippen molar-refractivity contribution in [2.75, 3.05) is 19.8 Å². The molecule has 0 fully saturated rings. The van der Waals surface area contributed by atoms with Crippen LogP contribution in [0, 0.1) is 10.1 Å². The number of hydrogen-bond acceptors (Lipinski definition) is 7. The summed E-state index contributed by atoms with van der Waals surface area (Å²) in [5, 5.41) is 10.8. The van der Waals surface area contributed by atoms with Crippen LogP contribution in [0.15, 0.2) is 53.5 Å². The van der Waals surface area contributed by atoms with Crippen molar-refractivity contribution in [2.45, 2.75) is 20.4 Å². The largest absolute Gasteiger partial charge is 0.462 e. The quantitative estimate of drug-likeness (QED) is 0.154. The number of thiazole rings is 1. The van der Waals surface area contributed by atoms with Crippen LogP contribution in [0.5, 0.6) is 0 Å². The predicted molar refractivity (Wildman–Crippen MR) is 125 cm³/mol. The van der Waals surface area contributed by atoms with Gasteiger partial charge in [0.1, 0.15) is 0 Å². The average molecular weight is 470 g/mol. The molecule has 0 N–H and O–H groups in total. The first kappa shape index (κ1) is 24.0. The standard InChI is InChI=1S/C23H23N3O6S/c1-3-31-14-13-25-19-11-8-17(22(28)32-4-2)15-20(19)33-23(25)24-21(27)12-7-16-5-9-18(10-6-16)26(29)30/h5-12,15H,3-4,13-14H2,1-2H3/b12-7-,24-23?. The minimum Gasteiger partial charge on any atom is -0.462 e. The van der Waals surface area contributed by atoms with Crippen molar-refractivity contribution in [1.82, 2.24) is 4.57 Å². The fourth-order valence-corrected chi connectivity index (χ4v) is 4.12. The molecule has 10 heteroatoms. The van der Waals surface area contributed by atoms with Crippen molar-refractivity contribution in [3.8, 4) is 0 Å². The summed E-state index contributed by atoms with van der Waals surface area (Å²) in [6.45, 7) is 5.44. The van der Waals surface area contributed by atoms with Crippen LogP contribution in [-0.4, -0.2) is 41.2 Å². The molecule has 1 amide bonds. The summed E-state index contributed by atoms with van der Waals surface area (Å²) in [6.07, 6.45) is 2.86. The molecule has 3 rings (SSSR count). The molecule has 0 aliphatic rings. The Morgan fingerprint density at radius 2 is 1.91 bits per heavy atom. The van der Waals surface area contributed by atoms with Crippen LogP contribution in [0.2, 0.25) is 0 Å². The molecule has 2 aromatic carbocycles. The van der Waals surface area contributed by atoms with Gasteiger partial charge in [0.05, 0.1) is 33.9 Å². The molecule has 1 aromatic heterocycles. The molecule has 33 heavy (non-hydrogen) atoms. The van der Waals surface area contributed by atoms with Gasteiger partial charge in [0.2, 0.25) is 0 Å². The van der Waals surface area contributed by atoms with E-state index in [1.165, 1.54) is 29.5 Å². The Balaban J connectivity index is 1.92. The summed E-state index contributed by atoms with van der Waals surface area (Å²) >= 11 is 1.29. The molecule has 0 saturated heterocycles. The minimum absolute atomic E-state index is 0.0223. The summed E-state index contributed by atoms with van der Waals surface area (Å²) in [4.78, 5) is 39.6.